The van der Waals surface area contributed by atoms with Crippen molar-refractivity contribution in [3.05, 3.63) is 62.8 Å². The predicted octanol–water partition coefficient (Wildman–Crippen LogP) is 3.94. The van der Waals surface area contributed by atoms with E-state index in [4.69, 9.17) is 0 Å². The molecule has 1 fully saturated rings. The lowest BCUT2D eigenvalue weighted by atomic mass is 10.0. The molecular weight excluding hydrogens is 400 g/mol. The van der Waals surface area contributed by atoms with E-state index in [-0.39, 0.29) is 17.9 Å². The Hall–Kier alpha value is -1.92. The highest BCUT2D eigenvalue weighted by atomic mass is 79.9. The predicted molar refractivity (Wildman–Crippen MR) is 105 cm³/mol. The van der Waals surface area contributed by atoms with Crippen molar-refractivity contribution in [2.45, 2.75) is 18.9 Å². The Kier molecular flexibility index (Phi) is 6.04. The first-order valence-electron chi connectivity index (χ1n) is 8.18. The second kappa shape index (κ2) is 8.45. The Bertz CT molecular complexity index is 765. The molecule has 130 valence electrons. The molecule has 3 rings (SSSR count). The van der Waals surface area contributed by atoms with Crippen molar-refractivity contribution in [2.24, 2.45) is 0 Å². The van der Waals surface area contributed by atoms with Crippen LogP contribution in [0.4, 0.5) is 0 Å². The maximum Gasteiger partial charge on any atom is 0.252 e. The van der Waals surface area contributed by atoms with E-state index >= 15 is 0 Å². The Morgan fingerprint density at radius 1 is 1.20 bits per heavy atom. The van der Waals surface area contributed by atoms with Gasteiger partial charge in [-0.2, -0.15) is 11.3 Å². The molecule has 1 saturated heterocycles. The van der Waals surface area contributed by atoms with Gasteiger partial charge in [-0.15, -0.1) is 0 Å². The van der Waals surface area contributed by atoms with E-state index in [1.165, 1.54) is 11.3 Å². The fourth-order valence-electron chi connectivity index (χ4n) is 2.78. The number of hydrogen-bond acceptors (Lipinski definition) is 3. The summed E-state index contributed by atoms with van der Waals surface area (Å²) in [6.07, 6.45) is 5.01. The molecule has 2 amide bonds. The van der Waals surface area contributed by atoms with Crippen LogP contribution in [0.5, 0.6) is 0 Å². The summed E-state index contributed by atoms with van der Waals surface area (Å²) in [7, 11) is 0. The number of rotatable bonds is 4. The van der Waals surface area contributed by atoms with Gasteiger partial charge in [0.15, 0.2) is 0 Å². The van der Waals surface area contributed by atoms with Gasteiger partial charge in [-0.25, -0.2) is 0 Å². The molecule has 0 unspecified atom stereocenters. The minimum atomic E-state index is -0.0279. The number of piperidine rings is 1. The molecule has 2 heterocycles. The fraction of sp³-hybridized carbons (Fsp3) is 0.263. The minimum absolute atomic E-state index is 0.0124. The van der Waals surface area contributed by atoms with Gasteiger partial charge in [0.05, 0.1) is 0 Å². The zero-order valence-electron chi connectivity index (χ0n) is 13.7. The van der Waals surface area contributed by atoms with E-state index in [9.17, 15) is 9.59 Å². The van der Waals surface area contributed by atoms with Crippen molar-refractivity contribution in [1.82, 2.24) is 10.2 Å². The van der Waals surface area contributed by atoms with E-state index in [0.29, 0.717) is 18.7 Å². The lowest BCUT2D eigenvalue weighted by Gasteiger charge is -2.31. The second-order valence-electron chi connectivity index (χ2n) is 5.94. The van der Waals surface area contributed by atoms with E-state index in [2.05, 4.69) is 21.2 Å². The number of benzene rings is 1. The first-order chi connectivity index (χ1) is 12.1. The van der Waals surface area contributed by atoms with Crippen LogP contribution in [0.3, 0.4) is 0 Å². The number of thiophene rings is 1. The average molecular weight is 419 g/mol. The first-order valence-corrected chi connectivity index (χ1v) is 9.91. The lowest BCUT2D eigenvalue weighted by molar-refractivity contribution is -0.126. The summed E-state index contributed by atoms with van der Waals surface area (Å²) in [5, 5.41) is 6.80. The summed E-state index contributed by atoms with van der Waals surface area (Å²) in [5.74, 6) is -0.0155. The van der Waals surface area contributed by atoms with Crippen molar-refractivity contribution < 1.29 is 9.59 Å². The highest BCUT2D eigenvalue weighted by Gasteiger charge is 2.23. The number of amides is 2. The van der Waals surface area contributed by atoms with Gasteiger partial charge < -0.3 is 10.2 Å². The Morgan fingerprint density at radius 2 is 1.96 bits per heavy atom. The van der Waals surface area contributed by atoms with Gasteiger partial charge in [0, 0.05) is 40.6 Å². The topological polar surface area (TPSA) is 49.4 Å². The molecule has 1 aromatic heterocycles. The van der Waals surface area contributed by atoms with Gasteiger partial charge in [0.1, 0.15) is 0 Å². The Labute approximate surface area is 159 Å². The highest BCUT2D eigenvalue weighted by Crippen LogP contribution is 2.18. The fourth-order valence-corrected chi connectivity index (χ4v) is 3.84. The van der Waals surface area contributed by atoms with Crippen LogP contribution in [-0.4, -0.2) is 35.8 Å². The van der Waals surface area contributed by atoms with E-state index < -0.39 is 0 Å². The van der Waals surface area contributed by atoms with Crippen LogP contribution in [0, 0.1) is 0 Å². The van der Waals surface area contributed by atoms with Crippen LogP contribution in [-0.2, 0) is 4.79 Å². The summed E-state index contributed by atoms with van der Waals surface area (Å²) < 4.78 is 0.967. The molecule has 1 aliphatic heterocycles. The molecule has 25 heavy (non-hydrogen) atoms. The summed E-state index contributed by atoms with van der Waals surface area (Å²) in [5.41, 5.74) is 1.69. The lowest BCUT2D eigenvalue weighted by Crippen LogP contribution is -2.46. The average Bonchev–Trinajstić information content (AvgIpc) is 3.16. The standard InChI is InChI=1S/C19H19BrN2O2S/c20-17-4-2-1-3-14(17)5-6-18(23)22-10-7-16(8-11-22)21-19(24)15-9-12-25-13-15/h1-6,9,12-13,16H,7-8,10-11H2,(H,21,24)/b6-5+. The normalized spacial score (nSPS) is 15.5. The molecule has 1 N–H and O–H groups in total. The van der Waals surface area contributed by atoms with Gasteiger partial charge in [0.25, 0.3) is 5.91 Å². The molecule has 0 saturated carbocycles. The second-order valence-corrected chi connectivity index (χ2v) is 7.57. The molecule has 0 radical (unpaired) electrons. The maximum absolute atomic E-state index is 12.3. The number of halogens is 1. The molecule has 0 spiro atoms. The van der Waals surface area contributed by atoms with E-state index in [1.54, 1.807) is 6.08 Å². The zero-order valence-corrected chi connectivity index (χ0v) is 16.1. The minimum Gasteiger partial charge on any atom is -0.349 e. The smallest absolute Gasteiger partial charge is 0.252 e. The Morgan fingerprint density at radius 3 is 2.64 bits per heavy atom. The molecular formula is C19H19BrN2O2S. The number of likely N-dealkylation sites (tertiary alicyclic amines) is 1. The summed E-state index contributed by atoms with van der Waals surface area (Å²) in [6.45, 7) is 1.32. The van der Waals surface area contributed by atoms with Gasteiger partial charge in [-0.1, -0.05) is 34.1 Å². The van der Waals surface area contributed by atoms with Crippen LogP contribution < -0.4 is 5.32 Å². The molecule has 6 heteroatoms. The third-order valence-corrected chi connectivity index (χ3v) is 5.64. The van der Waals surface area contributed by atoms with Crippen molar-refractivity contribution in [2.75, 3.05) is 13.1 Å². The summed E-state index contributed by atoms with van der Waals surface area (Å²) >= 11 is 4.99. The number of nitrogens with one attached hydrogen (secondary N) is 1. The highest BCUT2D eigenvalue weighted by molar-refractivity contribution is 9.10. The zero-order chi connectivity index (χ0) is 17.6. The van der Waals surface area contributed by atoms with Crippen LogP contribution in [0.25, 0.3) is 6.08 Å². The molecule has 0 bridgehead atoms. The van der Waals surface area contributed by atoms with Crippen molar-refractivity contribution in [3.8, 4) is 0 Å². The monoisotopic (exact) mass is 418 g/mol. The number of carbonyl (C=O) groups excluding carboxylic acids is 2. The molecule has 4 nitrogen and oxygen atoms in total. The van der Waals surface area contributed by atoms with Gasteiger partial charge in [0.2, 0.25) is 5.91 Å². The van der Waals surface area contributed by atoms with Crippen LogP contribution >= 0.6 is 27.3 Å². The van der Waals surface area contributed by atoms with Gasteiger partial charge in [-0.05, 0) is 42.0 Å². The van der Waals surface area contributed by atoms with Crippen LogP contribution in [0.15, 0.2) is 51.6 Å². The number of nitrogens with zero attached hydrogens (tertiary/aromatic N) is 1. The van der Waals surface area contributed by atoms with Crippen molar-refractivity contribution in [1.29, 1.82) is 0 Å². The molecule has 2 aromatic rings. The largest absolute Gasteiger partial charge is 0.349 e. The van der Waals surface area contributed by atoms with E-state index in [1.807, 2.05) is 52.1 Å². The Balaban J connectivity index is 1.49. The quantitative estimate of drug-likeness (QED) is 0.764. The van der Waals surface area contributed by atoms with Gasteiger partial charge in [-0.3, -0.25) is 9.59 Å². The SMILES string of the molecule is O=C(NC1CCN(C(=O)/C=C/c2ccccc2Br)CC1)c1ccsc1. The molecule has 0 atom stereocenters. The van der Waals surface area contributed by atoms with Crippen molar-refractivity contribution >= 4 is 45.2 Å². The summed E-state index contributed by atoms with van der Waals surface area (Å²) in [4.78, 5) is 26.3. The first kappa shape index (κ1) is 17.9. The maximum atomic E-state index is 12.3. The third kappa shape index (κ3) is 4.80. The van der Waals surface area contributed by atoms with Crippen LogP contribution in [0.1, 0.15) is 28.8 Å². The number of carbonyl (C=O) groups is 2. The molecule has 1 aliphatic rings. The van der Waals surface area contributed by atoms with E-state index in [0.717, 1.165) is 22.9 Å². The third-order valence-electron chi connectivity index (χ3n) is 4.24. The molecule has 0 aliphatic carbocycles. The van der Waals surface area contributed by atoms with Gasteiger partial charge >= 0.3 is 0 Å². The summed E-state index contributed by atoms with van der Waals surface area (Å²) in [6, 6.07) is 9.75. The number of hydrogen-bond donors (Lipinski definition) is 1. The van der Waals surface area contributed by atoms with Crippen LogP contribution in [0.2, 0.25) is 0 Å². The van der Waals surface area contributed by atoms with Crippen molar-refractivity contribution in [3.63, 3.8) is 0 Å². The molecule has 1 aromatic carbocycles.